The number of hydrogen-bond acceptors (Lipinski definition) is 4. The normalized spacial score (nSPS) is 14.4. The molecule has 1 unspecified atom stereocenters. The van der Waals surface area contributed by atoms with Gasteiger partial charge in [-0.25, -0.2) is 4.39 Å². The predicted molar refractivity (Wildman–Crippen MR) is 131 cm³/mol. The first-order valence-corrected chi connectivity index (χ1v) is 11.1. The molecule has 3 aromatic rings. The molecule has 5 N–H and O–H groups in total. The van der Waals surface area contributed by atoms with Gasteiger partial charge in [-0.3, -0.25) is 15.0 Å². The van der Waals surface area contributed by atoms with Crippen LogP contribution < -0.4 is 21.3 Å². The summed E-state index contributed by atoms with van der Waals surface area (Å²) in [7, 11) is 0. The van der Waals surface area contributed by atoms with Crippen LogP contribution in [0.3, 0.4) is 0 Å². The zero-order chi connectivity index (χ0) is 24.1. The van der Waals surface area contributed by atoms with E-state index < -0.39 is 17.7 Å². The molecule has 1 heterocycles. The molecule has 0 aromatic heterocycles. The zero-order valence-electron chi connectivity index (χ0n) is 18.6. The molecule has 4 rings (SSSR count). The van der Waals surface area contributed by atoms with Gasteiger partial charge in [0.2, 0.25) is 5.91 Å². The molecule has 7 nitrogen and oxygen atoms in total. The van der Waals surface area contributed by atoms with Crippen LogP contribution in [0.1, 0.15) is 36.4 Å². The fourth-order valence-corrected chi connectivity index (χ4v) is 3.95. The van der Waals surface area contributed by atoms with E-state index in [-0.39, 0.29) is 17.4 Å². The van der Waals surface area contributed by atoms with E-state index in [9.17, 15) is 14.0 Å². The van der Waals surface area contributed by atoms with Gasteiger partial charge in [-0.2, -0.15) is 0 Å². The minimum atomic E-state index is -0.783. The molecule has 0 radical (unpaired) electrons. The number of piperidine rings is 1. The zero-order valence-corrected chi connectivity index (χ0v) is 18.6. The van der Waals surface area contributed by atoms with Crippen LogP contribution in [-0.4, -0.2) is 24.2 Å². The van der Waals surface area contributed by atoms with Gasteiger partial charge in [0, 0.05) is 30.0 Å². The van der Waals surface area contributed by atoms with Crippen molar-refractivity contribution in [3.8, 4) is 0 Å². The summed E-state index contributed by atoms with van der Waals surface area (Å²) in [6.07, 6.45) is 2.44. The first kappa shape index (κ1) is 23.0. The van der Waals surface area contributed by atoms with Gasteiger partial charge >= 0.3 is 0 Å². The number of nitrogens with one attached hydrogen (secondary N) is 3. The Morgan fingerprint density at radius 1 is 1.00 bits per heavy atom. The van der Waals surface area contributed by atoms with Gasteiger partial charge in [-0.05, 0) is 60.9 Å². The van der Waals surface area contributed by atoms with Crippen molar-refractivity contribution in [3.63, 3.8) is 0 Å². The van der Waals surface area contributed by atoms with Crippen molar-refractivity contribution in [2.45, 2.75) is 25.3 Å². The molecule has 0 aliphatic carbocycles. The predicted octanol–water partition coefficient (Wildman–Crippen LogP) is 4.42. The van der Waals surface area contributed by atoms with Gasteiger partial charge < -0.3 is 21.3 Å². The van der Waals surface area contributed by atoms with Crippen LogP contribution >= 0.6 is 0 Å². The van der Waals surface area contributed by atoms with Crippen LogP contribution in [0, 0.1) is 11.2 Å². The van der Waals surface area contributed by atoms with Crippen LogP contribution in [0.15, 0.2) is 72.8 Å². The van der Waals surface area contributed by atoms with Gasteiger partial charge in [-0.1, -0.05) is 30.3 Å². The molecule has 1 saturated heterocycles. The van der Waals surface area contributed by atoms with E-state index in [0.29, 0.717) is 29.9 Å². The van der Waals surface area contributed by atoms with Gasteiger partial charge in [0.15, 0.2) is 0 Å². The molecule has 34 heavy (non-hydrogen) atoms. The van der Waals surface area contributed by atoms with Crippen molar-refractivity contribution >= 4 is 34.7 Å². The van der Waals surface area contributed by atoms with Gasteiger partial charge in [0.1, 0.15) is 17.7 Å². The molecular weight excluding hydrogens is 433 g/mol. The highest BCUT2D eigenvalue weighted by Gasteiger charge is 2.22. The summed E-state index contributed by atoms with van der Waals surface area (Å²) in [5.41, 5.74) is 7.99. The Kier molecular flexibility index (Phi) is 6.87. The van der Waals surface area contributed by atoms with Crippen LogP contribution in [-0.2, 0) is 9.59 Å². The summed E-state index contributed by atoms with van der Waals surface area (Å²) in [5.74, 6) is -1.21. The number of hydrogen-bond donors (Lipinski definition) is 4. The van der Waals surface area contributed by atoms with Crippen molar-refractivity contribution < 1.29 is 14.0 Å². The number of benzene rings is 3. The average molecular weight is 460 g/mol. The summed E-state index contributed by atoms with van der Waals surface area (Å²) in [5, 5.41) is 13.6. The Morgan fingerprint density at radius 3 is 2.38 bits per heavy atom. The quantitative estimate of drug-likeness (QED) is 0.310. The summed E-state index contributed by atoms with van der Waals surface area (Å²) in [6, 6.07) is 19.6. The lowest BCUT2D eigenvalue weighted by Gasteiger charge is -2.27. The summed E-state index contributed by atoms with van der Waals surface area (Å²) in [4.78, 5) is 27.2. The van der Waals surface area contributed by atoms with Gasteiger partial charge in [-0.15, -0.1) is 0 Å². The second kappa shape index (κ2) is 10.2. The topological polar surface area (TPSA) is 111 Å². The van der Waals surface area contributed by atoms with E-state index in [4.69, 9.17) is 11.1 Å². The van der Waals surface area contributed by atoms with E-state index in [1.54, 1.807) is 17.0 Å². The molecule has 1 aliphatic heterocycles. The third-order valence-corrected chi connectivity index (χ3v) is 5.73. The highest BCUT2D eigenvalue weighted by atomic mass is 19.1. The van der Waals surface area contributed by atoms with Crippen molar-refractivity contribution in [3.05, 3.63) is 89.7 Å². The molecule has 0 saturated carbocycles. The SMILES string of the molecule is N=C(N)c1cc(NC(C(=O)Nc2ccc(N3CCCCC3=O)cc2)c2ccccc2)ccc1F. The van der Waals surface area contributed by atoms with Crippen LogP contribution in [0.25, 0.3) is 0 Å². The van der Waals surface area contributed by atoms with E-state index in [0.717, 1.165) is 18.5 Å². The Hall–Kier alpha value is -4.20. The first-order valence-electron chi connectivity index (χ1n) is 11.1. The largest absolute Gasteiger partial charge is 0.384 e. The number of nitrogens with zero attached hydrogens (tertiary/aromatic N) is 1. The third kappa shape index (κ3) is 5.23. The fourth-order valence-electron chi connectivity index (χ4n) is 3.95. The van der Waals surface area contributed by atoms with Crippen LogP contribution in [0.5, 0.6) is 0 Å². The number of nitrogen functional groups attached to an aromatic ring is 1. The smallest absolute Gasteiger partial charge is 0.251 e. The maximum atomic E-state index is 14.0. The standard InChI is InChI=1S/C26H26FN5O2/c27-22-14-11-19(16-21(22)25(28)29)30-24(17-6-2-1-3-7-17)26(34)31-18-9-12-20(13-10-18)32-15-5-4-8-23(32)33/h1-3,6-7,9-14,16,24,30H,4-5,8,15H2,(H3,28,29)(H,31,34). The van der Waals surface area contributed by atoms with Crippen LogP contribution in [0.2, 0.25) is 0 Å². The molecule has 174 valence electrons. The van der Waals surface area contributed by atoms with E-state index >= 15 is 0 Å². The number of anilines is 3. The monoisotopic (exact) mass is 459 g/mol. The second-order valence-corrected chi connectivity index (χ2v) is 8.13. The van der Waals surface area contributed by atoms with E-state index in [2.05, 4.69) is 10.6 Å². The lowest BCUT2D eigenvalue weighted by Crippen LogP contribution is -2.35. The summed E-state index contributed by atoms with van der Waals surface area (Å²) >= 11 is 0. The Bertz CT molecular complexity index is 1200. The minimum Gasteiger partial charge on any atom is -0.384 e. The highest BCUT2D eigenvalue weighted by molar-refractivity contribution is 5.99. The lowest BCUT2D eigenvalue weighted by atomic mass is 10.0. The minimum absolute atomic E-state index is 0.0416. The third-order valence-electron chi connectivity index (χ3n) is 5.73. The number of nitrogens with two attached hydrogens (primary N) is 1. The number of carbonyl (C=O) groups excluding carboxylic acids is 2. The van der Waals surface area contributed by atoms with Crippen LogP contribution in [0.4, 0.5) is 21.5 Å². The Morgan fingerprint density at radius 2 is 1.71 bits per heavy atom. The van der Waals surface area contributed by atoms with Gasteiger partial charge in [0.05, 0.1) is 5.56 Å². The summed E-state index contributed by atoms with van der Waals surface area (Å²) in [6.45, 7) is 0.699. The molecule has 0 bridgehead atoms. The van der Waals surface area contributed by atoms with Crippen molar-refractivity contribution in [1.29, 1.82) is 5.41 Å². The van der Waals surface area contributed by atoms with Crippen molar-refractivity contribution in [2.24, 2.45) is 5.73 Å². The average Bonchev–Trinajstić information content (AvgIpc) is 2.84. The molecule has 1 fully saturated rings. The molecular formula is C26H26FN5O2. The molecule has 1 atom stereocenters. The Balaban J connectivity index is 1.54. The number of amidine groups is 1. The lowest BCUT2D eigenvalue weighted by molar-refractivity contribution is -0.119. The fraction of sp³-hybridized carbons (Fsp3) is 0.192. The molecule has 8 heteroatoms. The number of carbonyl (C=O) groups is 2. The van der Waals surface area contributed by atoms with Crippen molar-refractivity contribution in [2.75, 3.05) is 22.1 Å². The second-order valence-electron chi connectivity index (χ2n) is 8.13. The Labute approximate surface area is 197 Å². The van der Waals surface area contributed by atoms with Crippen molar-refractivity contribution in [1.82, 2.24) is 0 Å². The molecule has 2 amide bonds. The number of halogens is 1. The molecule has 1 aliphatic rings. The summed E-state index contributed by atoms with van der Waals surface area (Å²) < 4.78 is 14.0. The van der Waals surface area contributed by atoms with Gasteiger partial charge in [0.25, 0.3) is 5.91 Å². The first-order chi connectivity index (χ1) is 16.4. The molecule has 3 aromatic carbocycles. The maximum Gasteiger partial charge on any atom is 0.251 e. The highest BCUT2D eigenvalue weighted by Crippen LogP contribution is 2.26. The maximum absolute atomic E-state index is 14.0. The van der Waals surface area contributed by atoms with E-state index in [1.165, 1.54) is 18.2 Å². The number of rotatable bonds is 7. The molecule has 0 spiro atoms. The van der Waals surface area contributed by atoms with E-state index in [1.807, 2.05) is 42.5 Å². The number of amides is 2.